The Hall–Kier alpha value is -1.81. The van der Waals surface area contributed by atoms with Gasteiger partial charge in [0.05, 0.1) is 0 Å². The molecule has 0 radical (unpaired) electrons. The summed E-state index contributed by atoms with van der Waals surface area (Å²) < 4.78 is 0. The minimum Gasteiger partial charge on any atom is -0.356 e. The predicted molar refractivity (Wildman–Crippen MR) is 99.3 cm³/mol. The van der Waals surface area contributed by atoms with Crippen LogP contribution in [0.2, 0.25) is 0 Å². The van der Waals surface area contributed by atoms with Gasteiger partial charge in [0, 0.05) is 32.1 Å². The molecule has 0 bridgehead atoms. The zero-order chi connectivity index (χ0) is 16.1. The summed E-state index contributed by atoms with van der Waals surface area (Å²) in [6.07, 6.45) is 2.36. The van der Waals surface area contributed by atoms with E-state index in [0.29, 0.717) is 0 Å². The summed E-state index contributed by atoms with van der Waals surface area (Å²) in [7, 11) is 3.98. The van der Waals surface area contributed by atoms with Crippen LogP contribution in [0.25, 0.3) is 0 Å². The molecule has 0 amide bonds. The van der Waals surface area contributed by atoms with Gasteiger partial charge in [-0.15, -0.1) is 11.3 Å². The summed E-state index contributed by atoms with van der Waals surface area (Å²) in [6.45, 7) is 2.00. The number of aliphatic imine (C=N–C) groups is 1. The van der Waals surface area contributed by atoms with Crippen LogP contribution in [0.3, 0.4) is 0 Å². The van der Waals surface area contributed by atoms with Gasteiger partial charge >= 0.3 is 0 Å². The highest BCUT2D eigenvalue weighted by Gasteiger charge is 2.37. The van der Waals surface area contributed by atoms with Crippen LogP contribution in [0.5, 0.6) is 0 Å². The Morgan fingerprint density at radius 3 is 2.78 bits per heavy atom. The normalized spacial score (nSPS) is 20.3. The largest absolute Gasteiger partial charge is 0.356 e. The van der Waals surface area contributed by atoms with E-state index in [1.54, 1.807) is 0 Å². The van der Waals surface area contributed by atoms with Crippen molar-refractivity contribution in [3.05, 3.63) is 58.3 Å². The van der Waals surface area contributed by atoms with Crippen molar-refractivity contribution in [3.63, 3.8) is 0 Å². The molecule has 1 aliphatic carbocycles. The third-order valence-electron chi connectivity index (χ3n) is 4.52. The topological polar surface area (TPSA) is 27.6 Å². The van der Waals surface area contributed by atoms with Crippen molar-refractivity contribution in [1.29, 1.82) is 0 Å². The van der Waals surface area contributed by atoms with Gasteiger partial charge in [-0.2, -0.15) is 0 Å². The molecule has 0 aliphatic heterocycles. The van der Waals surface area contributed by atoms with Crippen molar-refractivity contribution in [2.24, 2.45) is 10.9 Å². The monoisotopic (exact) mass is 327 g/mol. The SMILES string of the molecule is CN=C(NCC1CC1c1ccccc1)N(C)CCc1cccs1. The lowest BCUT2D eigenvalue weighted by atomic mass is 10.1. The van der Waals surface area contributed by atoms with E-state index in [0.717, 1.165) is 37.3 Å². The van der Waals surface area contributed by atoms with E-state index in [1.165, 1.54) is 16.9 Å². The molecular formula is C19H25N3S. The third kappa shape index (κ3) is 4.35. The Morgan fingerprint density at radius 1 is 1.26 bits per heavy atom. The molecule has 2 unspecified atom stereocenters. The molecule has 2 aromatic rings. The minimum absolute atomic E-state index is 0.721. The molecule has 3 rings (SSSR count). The average molecular weight is 327 g/mol. The highest BCUT2D eigenvalue weighted by atomic mass is 32.1. The summed E-state index contributed by atoms with van der Waals surface area (Å²) in [4.78, 5) is 8.07. The molecule has 1 saturated carbocycles. The number of guanidine groups is 1. The van der Waals surface area contributed by atoms with Crippen LogP contribution in [0, 0.1) is 5.92 Å². The lowest BCUT2D eigenvalue weighted by molar-refractivity contribution is 0.484. The molecule has 23 heavy (non-hydrogen) atoms. The minimum atomic E-state index is 0.721. The van der Waals surface area contributed by atoms with E-state index in [-0.39, 0.29) is 0 Å². The van der Waals surface area contributed by atoms with Crippen LogP contribution >= 0.6 is 11.3 Å². The molecule has 2 atom stereocenters. The second-order valence-corrected chi connectivity index (χ2v) is 7.22. The molecule has 4 heteroatoms. The van der Waals surface area contributed by atoms with Gasteiger partial charge in [0.2, 0.25) is 0 Å². The Morgan fingerprint density at radius 2 is 2.09 bits per heavy atom. The Labute approximate surface area is 143 Å². The molecular weight excluding hydrogens is 302 g/mol. The first kappa shape index (κ1) is 16.1. The zero-order valence-electron chi connectivity index (χ0n) is 13.9. The molecule has 122 valence electrons. The fourth-order valence-electron chi connectivity index (χ4n) is 3.03. The molecule has 3 nitrogen and oxygen atoms in total. The fraction of sp³-hybridized carbons (Fsp3) is 0.421. The molecule has 1 aliphatic rings. The summed E-state index contributed by atoms with van der Waals surface area (Å²) in [5.41, 5.74) is 1.47. The summed E-state index contributed by atoms with van der Waals surface area (Å²) in [6, 6.07) is 15.2. The highest BCUT2D eigenvalue weighted by molar-refractivity contribution is 7.09. The molecule has 1 heterocycles. The van der Waals surface area contributed by atoms with Gasteiger partial charge in [-0.1, -0.05) is 36.4 Å². The van der Waals surface area contributed by atoms with E-state index in [9.17, 15) is 0 Å². The molecule has 0 spiro atoms. The Balaban J connectivity index is 1.43. The standard InChI is InChI=1S/C19H25N3S/c1-20-19(22(2)11-10-17-9-6-12-23-17)21-14-16-13-18(16)15-7-4-3-5-8-15/h3-9,12,16,18H,10-11,13-14H2,1-2H3,(H,20,21). The first-order valence-electron chi connectivity index (χ1n) is 8.27. The number of nitrogens with zero attached hydrogens (tertiary/aromatic N) is 2. The number of rotatable bonds is 6. The number of hydrogen-bond acceptors (Lipinski definition) is 2. The lowest BCUT2D eigenvalue weighted by Crippen LogP contribution is -2.40. The van der Waals surface area contributed by atoms with Gasteiger partial charge in [0.25, 0.3) is 0 Å². The molecule has 1 fully saturated rings. The summed E-state index contributed by atoms with van der Waals surface area (Å²) in [5.74, 6) is 2.46. The summed E-state index contributed by atoms with van der Waals surface area (Å²) >= 11 is 1.82. The van der Waals surface area contributed by atoms with Crippen molar-refractivity contribution in [1.82, 2.24) is 10.2 Å². The van der Waals surface area contributed by atoms with E-state index in [4.69, 9.17) is 0 Å². The van der Waals surface area contributed by atoms with Crippen molar-refractivity contribution < 1.29 is 0 Å². The van der Waals surface area contributed by atoms with Crippen molar-refractivity contribution in [2.75, 3.05) is 27.2 Å². The average Bonchev–Trinajstić information content (AvgIpc) is 3.17. The maximum Gasteiger partial charge on any atom is 0.193 e. The van der Waals surface area contributed by atoms with Crippen LogP contribution < -0.4 is 5.32 Å². The van der Waals surface area contributed by atoms with Gasteiger partial charge in [0.1, 0.15) is 0 Å². The summed E-state index contributed by atoms with van der Waals surface area (Å²) in [5, 5.41) is 5.68. The third-order valence-corrected chi connectivity index (χ3v) is 5.46. The number of hydrogen-bond donors (Lipinski definition) is 1. The molecule has 0 saturated heterocycles. The van der Waals surface area contributed by atoms with Crippen molar-refractivity contribution in [3.8, 4) is 0 Å². The second kappa shape index (κ2) is 7.64. The smallest absolute Gasteiger partial charge is 0.193 e. The quantitative estimate of drug-likeness (QED) is 0.648. The first-order valence-corrected chi connectivity index (χ1v) is 9.15. The van der Waals surface area contributed by atoms with E-state index < -0.39 is 0 Å². The maximum atomic E-state index is 4.42. The number of nitrogens with one attached hydrogen (secondary N) is 1. The maximum absolute atomic E-state index is 4.42. The van der Waals surface area contributed by atoms with Gasteiger partial charge in [0.15, 0.2) is 5.96 Å². The van der Waals surface area contributed by atoms with E-state index in [2.05, 4.69) is 70.1 Å². The molecule has 1 N–H and O–H groups in total. The van der Waals surface area contributed by atoms with Crippen LogP contribution in [-0.4, -0.2) is 38.0 Å². The van der Waals surface area contributed by atoms with Gasteiger partial charge in [-0.25, -0.2) is 0 Å². The van der Waals surface area contributed by atoms with Crippen LogP contribution in [-0.2, 0) is 6.42 Å². The van der Waals surface area contributed by atoms with Crippen molar-refractivity contribution in [2.45, 2.75) is 18.8 Å². The predicted octanol–water partition coefficient (Wildman–Crippen LogP) is 3.60. The number of thiophene rings is 1. The van der Waals surface area contributed by atoms with Crippen molar-refractivity contribution >= 4 is 17.3 Å². The van der Waals surface area contributed by atoms with Crippen LogP contribution in [0.1, 0.15) is 22.8 Å². The van der Waals surface area contributed by atoms with E-state index >= 15 is 0 Å². The van der Waals surface area contributed by atoms with Gasteiger partial charge in [-0.05, 0) is 41.7 Å². The van der Waals surface area contributed by atoms with Gasteiger partial charge in [-0.3, -0.25) is 4.99 Å². The van der Waals surface area contributed by atoms with Gasteiger partial charge < -0.3 is 10.2 Å². The first-order chi connectivity index (χ1) is 11.3. The lowest BCUT2D eigenvalue weighted by Gasteiger charge is -2.22. The van der Waals surface area contributed by atoms with Crippen LogP contribution in [0.15, 0.2) is 52.8 Å². The Kier molecular flexibility index (Phi) is 5.34. The fourth-order valence-corrected chi connectivity index (χ4v) is 3.73. The molecule has 1 aromatic carbocycles. The zero-order valence-corrected chi connectivity index (χ0v) is 14.7. The number of likely N-dealkylation sites (N-methyl/N-ethyl adjacent to an activating group) is 1. The van der Waals surface area contributed by atoms with Crippen LogP contribution in [0.4, 0.5) is 0 Å². The molecule has 1 aromatic heterocycles. The van der Waals surface area contributed by atoms with E-state index in [1.807, 2.05) is 18.4 Å². The second-order valence-electron chi connectivity index (χ2n) is 6.19. The highest BCUT2D eigenvalue weighted by Crippen LogP contribution is 2.46. The Bertz CT molecular complexity index is 621. The number of benzene rings is 1.